The Labute approximate surface area is 100 Å². The second kappa shape index (κ2) is 4.96. The summed E-state index contributed by atoms with van der Waals surface area (Å²) >= 11 is 0. The average Bonchev–Trinajstić information content (AvgIpc) is 2.32. The van der Waals surface area contributed by atoms with Crippen molar-refractivity contribution in [3.63, 3.8) is 0 Å². The number of aryl methyl sites for hydroxylation is 1. The Morgan fingerprint density at radius 1 is 1.59 bits per heavy atom. The summed E-state index contributed by atoms with van der Waals surface area (Å²) in [6.07, 6.45) is 0.426. The molecule has 0 radical (unpaired) electrons. The molecule has 0 saturated heterocycles. The molecule has 0 aliphatic rings. The van der Waals surface area contributed by atoms with Crippen LogP contribution in [-0.4, -0.2) is 5.91 Å². The molecule has 0 fully saturated rings. The van der Waals surface area contributed by atoms with Gasteiger partial charge in [0.2, 0.25) is 5.91 Å². The molecule has 17 heavy (non-hydrogen) atoms. The van der Waals surface area contributed by atoms with Crippen molar-refractivity contribution in [1.29, 1.82) is 5.26 Å². The van der Waals surface area contributed by atoms with Crippen LogP contribution < -0.4 is 5.32 Å². The van der Waals surface area contributed by atoms with E-state index in [2.05, 4.69) is 5.32 Å². The van der Waals surface area contributed by atoms with E-state index >= 15 is 0 Å². The number of nitrogens with one attached hydrogen (secondary N) is 1. The zero-order valence-corrected chi connectivity index (χ0v) is 10.2. The molecule has 1 aromatic rings. The summed E-state index contributed by atoms with van der Waals surface area (Å²) in [4.78, 5) is 11.9. The molecular weight excluding hydrogens is 219 g/mol. The molecule has 0 aliphatic carbocycles. The maximum atomic E-state index is 13.0. The summed E-state index contributed by atoms with van der Waals surface area (Å²) in [6.45, 7) is 4.98. The first kappa shape index (κ1) is 13.2. The van der Waals surface area contributed by atoms with Crippen LogP contribution in [-0.2, 0) is 4.79 Å². The Kier molecular flexibility index (Phi) is 3.84. The molecule has 1 atom stereocenters. The molecule has 1 N–H and O–H groups in total. The number of hydrogen-bond donors (Lipinski definition) is 1. The highest BCUT2D eigenvalue weighted by Crippen LogP contribution is 2.23. The first-order valence-electron chi connectivity index (χ1n) is 5.42. The zero-order valence-electron chi connectivity index (χ0n) is 10.2. The molecule has 0 aliphatic heterocycles. The quantitative estimate of drug-likeness (QED) is 0.874. The van der Waals surface area contributed by atoms with Gasteiger partial charge in [0, 0.05) is 5.69 Å². The molecule has 0 heterocycles. The van der Waals surface area contributed by atoms with E-state index in [9.17, 15) is 9.18 Å². The number of carbonyl (C=O) groups excluding carboxylic acids is 1. The Morgan fingerprint density at radius 3 is 2.71 bits per heavy atom. The Hall–Kier alpha value is -1.89. The lowest BCUT2D eigenvalue weighted by Crippen LogP contribution is -2.31. The Morgan fingerprint density at radius 2 is 2.24 bits per heavy atom. The van der Waals surface area contributed by atoms with Gasteiger partial charge in [-0.1, -0.05) is 6.92 Å². The van der Waals surface area contributed by atoms with Gasteiger partial charge in [-0.25, -0.2) is 4.39 Å². The largest absolute Gasteiger partial charge is 0.325 e. The minimum atomic E-state index is -1.05. The molecule has 90 valence electrons. The second-order valence-electron chi connectivity index (χ2n) is 4.22. The SMILES string of the molecule is CCC(C)(C#N)C(=O)Nc1ccc(F)c(C)c1. The number of halogens is 1. The fourth-order valence-corrected chi connectivity index (χ4v) is 1.28. The lowest BCUT2D eigenvalue weighted by Gasteiger charge is -2.18. The normalized spacial score (nSPS) is 13.6. The standard InChI is InChI=1S/C13H15FN2O/c1-4-13(3,8-15)12(17)16-10-5-6-11(14)9(2)7-10/h5-7H,4H2,1-3H3,(H,16,17). The van der Waals surface area contributed by atoms with E-state index < -0.39 is 5.41 Å². The maximum absolute atomic E-state index is 13.0. The van der Waals surface area contributed by atoms with Gasteiger partial charge in [0.15, 0.2) is 0 Å². The van der Waals surface area contributed by atoms with Gasteiger partial charge in [-0.05, 0) is 44.0 Å². The van der Waals surface area contributed by atoms with Crippen LogP contribution in [0.3, 0.4) is 0 Å². The molecule has 4 heteroatoms. The minimum Gasteiger partial charge on any atom is -0.325 e. The zero-order chi connectivity index (χ0) is 13.1. The van der Waals surface area contributed by atoms with Gasteiger partial charge in [-0.2, -0.15) is 5.26 Å². The third kappa shape index (κ3) is 2.82. The number of anilines is 1. The third-order valence-electron chi connectivity index (χ3n) is 2.87. The van der Waals surface area contributed by atoms with Gasteiger partial charge in [0.1, 0.15) is 11.2 Å². The van der Waals surface area contributed by atoms with Gasteiger partial charge in [-0.15, -0.1) is 0 Å². The van der Waals surface area contributed by atoms with Crippen LogP contribution in [0.5, 0.6) is 0 Å². The van der Waals surface area contributed by atoms with Crippen LogP contribution in [0.1, 0.15) is 25.8 Å². The van der Waals surface area contributed by atoms with Gasteiger partial charge in [0.25, 0.3) is 0 Å². The number of hydrogen-bond acceptors (Lipinski definition) is 2. The molecule has 0 saturated carbocycles. The molecule has 1 rings (SSSR count). The van der Waals surface area contributed by atoms with E-state index in [1.54, 1.807) is 26.8 Å². The van der Waals surface area contributed by atoms with Crippen molar-refractivity contribution >= 4 is 11.6 Å². The van der Waals surface area contributed by atoms with Crippen molar-refractivity contribution in [1.82, 2.24) is 0 Å². The first-order valence-corrected chi connectivity index (χ1v) is 5.42. The molecule has 0 bridgehead atoms. The highest BCUT2D eigenvalue weighted by molar-refractivity contribution is 5.96. The van der Waals surface area contributed by atoms with Crippen LogP contribution >= 0.6 is 0 Å². The number of amides is 1. The molecule has 1 unspecified atom stereocenters. The van der Waals surface area contributed by atoms with E-state index in [0.717, 1.165) is 0 Å². The third-order valence-corrected chi connectivity index (χ3v) is 2.87. The summed E-state index contributed by atoms with van der Waals surface area (Å²) in [5.74, 6) is -0.685. The summed E-state index contributed by atoms with van der Waals surface area (Å²) in [5, 5.41) is 11.6. The molecular formula is C13H15FN2O. The lowest BCUT2D eigenvalue weighted by molar-refractivity contribution is -0.122. The van der Waals surface area contributed by atoms with Gasteiger partial charge < -0.3 is 5.32 Å². The van der Waals surface area contributed by atoms with Gasteiger partial charge >= 0.3 is 0 Å². The van der Waals surface area contributed by atoms with E-state index in [-0.39, 0.29) is 11.7 Å². The van der Waals surface area contributed by atoms with Crippen molar-refractivity contribution in [3.8, 4) is 6.07 Å². The first-order chi connectivity index (χ1) is 7.92. The van der Waals surface area contributed by atoms with Crippen LogP contribution in [0, 0.1) is 29.5 Å². The monoisotopic (exact) mass is 234 g/mol. The van der Waals surface area contributed by atoms with Gasteiger partial charge in [0.05, 0.1) is 6.07 Å². The van der Waals surface area contributed by atoms with E-state index in [1.807, 2.05) is 6.07 Å². The highest BCUT2D eigenvalue weighted by atomic mass is 19.1. The van der Waals surface area contributed by atoms with Crippen molar-refractivity contribution in [2.45, 2.75) is 27.2 Å². The number of nitriles is 1. The number of nitrogens with zero attached hydrogens (tertiary/aromatic N) is 1. The highest BCUT2D eigenvalue weighted by Gasteiger charge is 2.31. The summed E-state index contributed by atoms with van der Waals surface area (Å²) in [7, 11) is 0. The van der Waals surface area contributed by atoms with Gasteiger partial charge in [-0.3, -0.25) is 4.79 Å². The topological polar surface area (TPSA) is 52.9 Å². The number of carbonyl (C=O) groups is 1. The fraction of sp³-hybridized carbons (Fsp3) is 0.385. The van der Waals surface area contributed by atoms with E-state index in [1.165, 1.54) is 12.1 Å². The predicted molar refractivity (Wildman–Crippen MR) is 63.8 cm³/mol. The van der Waals surface area contributed by atoms with Crippen molar-refractivity contribution in [3.05, 3.63) is 29.6 Å². The Bertz CT molecular complexity index is 479. The average molecular weight is 234 g/mol. The van der Waals surface area contributed by atoms with Crippen LogP contribution in [0.2, 0.25) is 0 Å². The van der Waals surface area contributed by atoms with Crippen molar-refractivity contribution < 1.29 is 9.18 Å². The molecule has 1 aromatic carbocycles. The number of rotatable bonds is 3. The molecule has 1 amide bonds. The summed E-state index contributed by atoms with van der Waals surface area (Å²) in [6, 6.07) is 6.30. The van der Waals surface area contributed by atoms with Crippen molar-refractivity contribution in [2.24, 2.45) is 5.41 Å². The molecule has 3 nitrogen and oxygen atoms in total. The smallest absolute Gasteiger partial charge is 0.244 e. The van der Waals surface area contributed by atoms with Crippen molar-refractivity contribution in [2.75, 3.05) is 5.32 Å². The second-order valence-corrected chi connectivity index (χ2v) is 4.22. The molecule has 0 aromatic heterocycles. The van der Waals surface area contributed by atoms with E-state index in [4.69, 9.17) is 5.26 Å². The fourth-order valence-electron chi connectivity index (χ4n) is 1.28. The minimum absolute atomic E-state index is 0.318. The van der Waals surface area contributed by atoms with Crippen LogP contribution in [0.15, 0.2) is 18.2 Å². The summed E-state index contributed by atoms with van der Waals surface area (Å²) in [5.41, 5.74) is -0.0933. The summed E-state index contributed by atoms with van der Waals surface area (Å²) < 4.78 is 13.0. The van der Waals surface area contributed by atoms with Crippen LogP contribution in [0.25, 0.3) is 0 Å². The van der Waals surface area contributed by atoms with Crippen LogP contribution in [0.4, 0.5) is 10.1 Å². The van der Waals surface area contributed by atoms with E-state index in [0.29, 0.717) is 17.7 Å². The molecule has 0 spiro atoms. The Balaban J connectivity index is 2.89. The predicted octanol–water partition coefficient (Wildman–Crippen LogP) is 3.01. The number of benzene rings is 1. The lowest BCUT2D eigenvalue weighted by atomic mass is 9.88. The maximum Gasteiger partial charge on any atom is 0.244 e.